The molecule has 0 spiro atoms. The Hall–Kier alpha value is -2.64. The van der Waals surface area contributed by atoms with Crippen molar-refractivity contribution >= 4 is 23.2 Å². The number of carbonyl (C=O) groups is 1. The van der Waals surface area contributed by atoms with Gasteiger partial charge < -0.3 is 17.1 Å². The Kier molecular flexibility index (Phi) is 6.32. The highest BCUT2D eigenvalue weighted by Crippen LogP contribution is 2.18. The van der Waals surface area contributed by atoms with Crippen LogP contribution in [0.5, 0.6) is 0 Å². The Morgan fingerprint density at radius 2 is 2.04 bits per heavy atom. The van der Waals surface area contributed by atoms with Gasteiger partial charge in [-0.15, -0.1) is 0 Å². The Labute approximate surface area is 150 Å². The molecular weight excluding hydrogens is 347 g/mol. The minimum absolute atomic E-state index is 0. The molecule has 0 radical (unpaired) electrons. The number of nitrogens with two attached hydrogens (primary N) is 1. The van der Waals surface area contributed by atoms with Crippen molar-refractivity contribution in [2.24, 2.45) is 0 Å². The Bertz CT molecular complexity index is 851. The molecule has 3 N–H and O–H groups in total. The highest BCUT2D eigenvalue weighted by Gasteiger charge is 2.12. The first-order valence-electron chi connectivity index (χ1n) is 7.65. The normalized spacial score (nSPS) is 10.3. The van der Waals surface area contributed by atoms with E-state index in [2.05, 4.69) is 10.3 Å². The monoisotopic (exact) mass is 364 g/mol. The number of nitrogens with one attached hydrogen (secondary N) is 1. The van der Waals surface area contributed by atoms with Crippen LogP contribution in [0.3, 0.4) is 0 Å². The van der Waals surface area contributed by atoms with Gasteiger partial charge in [-0.2, -0.15) is 0 Å². The molecule has 132 valence electrons. The van der Waals surface area contributed by atoms with Gasteiger partial charge in [0.15, 0.2) is 5.65 Å². The van der Waals surface area contributed by atoms with Crippen molar-refractivity contribution in [2.75, 3.05) is 11.9 Å². The van der Waals surface area contributed by atoms with E-state index >= 15 is 0 Å². The average molecular weight is 365 g/mol. The molecule has 0 aliphatic rings. The molecule has 0 saturated carbocycles. The van der Waals surface area contributed by atoms with E-state index < -0.39 is 6.09 Å². The molecule has 0 unspecified atom stereocenters. The first-order chi connectivity index (χ1) is 11.7. The average Bonchev–Trinajstić information content (AvgIpc) is 3.06. The number of benzene rings is 1. The van der Waals surface area contributed by atoms with Gasteiger partial charge in [-0.25, -0.2) is 14.2 Å². The highest BCUT2D eigenvalue weighted by atomic mass is 35.5. The molecule has 1 amide bonds. The van der Waals surface area contributed by atoms with Crippen LogP contribution in [0.25, 0.3) is 5.65 Å². The molecule has 0 fully saturated rings. The van der Waals surface area contributed by atoms with Crippen LogP contribution in [0.4, 0.5) is 20.7 Å². The quantitative estimate of drug-likeness (QED) is 0.637. The van der Waals surface area contributed by atoms with Crippen LogP contribution in [0, 0.1) is 5.82 Å². The number of imidazole rings is 1. The first-order valence-corrected chi connectivity index (χ1v) is 7.65. The second-order valence-corrected chi connectivity index (χ2v) is 5.17. The summed E-state index contributed by atoms with van der Waals surface area (Å²) in [6.45, 7) is 2.72. The molecule has 8 heteroatoms. The molecule has 1 aromatic carbocycles. The smallest absolute Gasteiger partial charge is 0.411 e. The fourth-order valence-corrected chi connectivity index (χ4v) is 2.42. The largest absolute Gasteiger partial charge is 1.00 e. The molecule has 2 aromatic heterocycles. The molecule has 0 bridgehead atoms. The van der Waals surface area contributed by atoms with Gasteiger partial charge in [0.1, 0.15) is 12.4 Å². The summed E-state index contributed by atoms with van der Waals surface area (Å²) in [4.78, 5) is 15.9. The first kappa shape index (κ1) is 18.7. The zero-order chi connectivity index (χ0) is 16.9. The molecule has 25 heavy (non-hydrogen) atoms. The van der Waals surface area contributed by atoms with E-state index in [-0.39, 0.29) is 18.2 Å². The second kappa shape index (κ2) is 8.46. The lowest BCUT2D eigenvalue weighted by Crippen LogP contribution is -3.00. The summed E-state index contributed by atoms with van der Waals surface area (Å²) in [5.74, 6) is 0.686. The number of pyridine rings is 1. The van der Waals surface area contributed by atoms with Crippen molar-refractivity contribution in [2.45, 2.75) is 13.5 Å². The molecule has 0 atom stereocenters. The summed E-state index contributed by atoms with van der Waals surface area (Å²) in [7, 11) is 0. The van der Waals surface area contributed by atoms with E-state index in [1.807, 2.05) is 22.0 Å². The van der Waals surface area contributed by atoms with Crippen molar-refractivity contribution in [3.05, 3.63) is 60.2 Å². The van der Waals surface area contributed by atoms with Crippen LogP contribution in [0.1, 0.15) is 12.5 Å². The number of hydrogen-bond donors (Lipinski definition) is 2. The summed E-state index contributed by atoms with van der Waals surface area (Å²) in [6, 6.07) is 10.1. The maximum absolute atomic E-state index is 13.0. The number of fused-ring (bicyclic) bond motifs is 1. The molecule has 3 rings (SSSR count). The third kappa shape index (κ3) is 4.46. The van der Waals surface area contributed by atoms with Crippen molar-refractivity contribution in [3.8, 4) is 0 Å². The zero-order valence-electron chi connectivity index (χ0n) is 13.6. The van der Waals surface area contributed by atoms with E-state index in [1.54, 1.807) is 31.3 Å². The van der Waals surface area contributed by atoms with E-state index in [0.717, 1.165) is 11.4 Å². The number of hydrogen-bond acceptors (Lipinski definition) is 3. The number of quaternary nitrogens is 1. The summed E-state index contributed by atoms with van der Waals surface area (Å²) in [6.07, 6.45) is 2.98. The SMILES string of the molecule is CCOC(=O)Nc1ccc([NH2+]Cc2ccc(F)cc2)n2ccnc12.[Cl-]. The number of carbonyl (C=O) groups excluding carboxylic acids is 1. The summed E-state index contributed by atoms with van der Waals surface area (Å²) < 4.78 is 19.7. The lowest BCUT2D eigenvalue weighted by molar-refractivity contribution is -0.592. The molecule has 0 aliphatic carbocycles. The Morgan fingerprint density at radius 3 is 2.76 bits per heavy atom. The fraction of sp³-hybridized carbons (Fsp3) is 0.176. The molecule has 0 aliphatic heterocycles. The zero-order valence-corrected chi connectivity index (χ0v) is 14.3. The van der Waals surface area contributed by atoms with Crippen molar-refractivity contribution in [1.29, 1.82) is 0 Å². The Morgan fingerprint density at radius 1 is 1.28 bits per heavy atom. The van der Waals surface area contributed by atoms with Crippen LogP contribution in [-0.4, -0.2) is 22.1 Å². The lowest BCUT2D eigenvalue weighted by Gasteiger charge is -2.09. The van der Waals surface area contributed by atoms with Gasteiger partial charge in [0.25, 0.3) is 0 Å². The minimum atomic E-state index is -0.509. The standard InChI is InChI=1S/C17H17FN4O2.ClH/c1-2-24-17(23)21-14-7-8-15(22-10-9-19-16(14)22)20-11-12-3-5-13(18)6-4-12;/h3-10,20H,2,11H2,1H3,(H,21,23);1H. The summed E-state index contributed by atoms with van der Waals surface area (Å²) in [5, 5.41) is 4.70. The molecule has 6 nitrogen and oxygen atoms in total. The molecule has 2 heterocycles. The number of aromatic nitrogens is 2. The van der Waals surface area contributed by atoms with Gasteiger partial charge in [-0.05, 0) is 25.1 Å². The minimum Gasteiger partial charge on any atom is -1.00 e. The second-order valence-electron chi connectivity index (χ2n) is 5.17. The van der Waals surface area contributed by atoms with E-state index in [1.165, 1.54) is 12.1 Å². The fourth-order valence-electron chi connectivity index (χ4n) is 2.42. The molecular formula is C17H18ClFN4O2. The van der Waals surface area contributed by atoms with E-state index in [9.17, 15) is 9.18 Å². The van der Waals surface area contributed by atoms with E-state index in [0.29, 0.717) is 24.5 Å². The highest BCUT2D eigenvalue weighted by molar-refractivity contribution is 5.89. The van der Waals surface area contributed by atoms with Crippen LogP contribution in [-0.2, 0) is 11.3 Å². The van der Waals surface area contributed by atoms with Gasteiger partial charge in [-0.3, -0.25) is 15.0 Å². The van der Waals surface area contributed by atoms with Crippen LogP contribution >= 0.6 is 0 Å². The molecule has 3 aromatic rings. The number of rotatable bonds is 5. The van der Waals surface area contributed by atoms with Gasteiger partial charge >= 0.3 is 6.09 Å². The third-order valence-corrected chi connectivity index (χ3v) is 3.55. The maximum atomic E-state index is 13.0. The Balaban J connectivity index is 0.00000225. The van der Waals surface area contributed by atoms with Crippen LogP contribution in [0.2, 0.25) is 0 Å². The summed E-state index contributed by atoms with van der Waals surface area (Å²) >= 11 is 0. The van der Waals surface area contributed by atoms with Gasteiger partial charge in [-0.1, -0.05) is 12.1 Å². The van der Waals surface area contributed by atoms with Crippen molar-refractivity contribution in [3.63, 3.8) is 0 Å². The maximum Gasteiger partial charge on any atom is 0.411 e. The lowest BCUT2D eigenvalue weighted by atomic mass is 10.2. The van der Waals surface area contributed by atoms with Crippen molar-refractivity contribution < 1.29 is 31.6 Å². The number of nitrogens with zero attached hydrogens (tertiary/aromatic N) is 2. The van der Waals surface area contributed by atoms with Gasteiger partial charge in [0.2, 0.25) is 5.82 Å². The number of halogens is 2. The van der Waals surface area contributed by atoms with Gasteiger partial charge in [0.05, 0.1) is 12.3 Å². The molecule has 0 saturated heterocycles. The summed E-state index contributed by atoms with van der Waals surface area (Å²) in [5.41, 5.74) is 2.23. The van der Waals surface area contributed by atoms with Gasteiger partial charge in [0, 0.05) is 24.0 Å². The predicted octanol–water partition coefficient (Wildman–Crippen LogP) is -0.559. The van der Waals surface area contributed by atoms with Crippen LogP contribution < -0.4 is 23.0 Å². The number of ether oxygens (including phenoxy) is 1. The predicted molar refractivity (Wildman–Crippen MR) is 87.5 cm³/mol. The van der Waals surface area contributed by atoms with Crippen LogP contribution in [0.15, 0.2) is 48.8 Å². The number of amides is 1. The van der Waals surface area contributed by atoms with Crippen molar-refractivity contribution in [1.82, 2.24) is 9.38 Å². The topological polar surface area (TPSA) is 72.2 Å². The number of anilines is 1. The third-order valence-electron chi connectivity index (χ3n) is 3.55. The van der Waals surface area contributed by atoms with E-state index in [4.69, 9.17) is 4.74 Å².